The highest BCUT2D eigenvalue weighted by atomic mass is 35.5. The van der Waals surface area contributed by atoms with Crippen LogP contribution in [0.3, 0.4) is 0 Å². The van der Waals surface area contributed by atoms with E-state index in [1.54, 1.807) is 18.2 Å². The number of carbonyl (C=O) groups is 1. The Morgan fingerprint density at radius 3 is 2.62 bits per heavy atom. The van der Waals surface area contributed by atoms with Crippen molar-refractivity contribution in [3.8, 4) is 0 Å². The minimum absolute atomic E-state index is 0. The second-order valence-corrected chi connectivity index (χ2v) is 6.65. The van der Waals surface area contributed by atoms with E-state index in [9.17, 15) is 9.18 Å². The molecule has 2 aliphatic heterocycles. The molecule has 3 rings (SSSR count). The van der Waals surface area contributed by atoms with E-state index in [0.717, 1.165) is 25.9 Å². The monoisotopic (exact) mass is 356 g/mol. The molecule has 3 unspecified atom stereocenters. The van der Waals surface area contributed by atoms with Gasteiger partial charge in [-0.3, -0.25) is 10.2 Å². The summed E-state index contributed by atoms with van der Waals surface area (Å²) in [5.41, 5.74) is 12.6. The van der Waals surface area contributed by atoms with Crippen LogP contribution < -0.4 is 16.6 Å². The first kappa shape index (κ1) is 19.1. The van der Waals surface area contributed by atoms with Crippen LogP contribution in [0.15, 0.2) is 24.3 Å². The number of nitrogens with one attached hydrogen (secondary N) is 2. The molecule has 0 spiro atoms. The van der Waals surface area contributed by atoms with E-state index in [4.69, 9.17) is 5.73 Å². The van der Waals surface area contributed by atoms with Gasteiger partial charge in [-0.1, -0.05) is 18.2 Å². The second-order valence-electron chi connectivity index (χ2n) is 6.65. The van der Waals surface area contributed by atoms with Crippen molar-refractivity contribution in [3.05, 3.63) is 35.6 Å². The van der Waals surface area contributed by atoms with Gasteiger partial charge in [0.25, 0.3) is 0 Å². The molecule has 2 fully saturated rings. The summed E-state index contributed by atoms with van der Waals surface area (Å²) < 4.78 is 14.1. The van der Waals surface area contributed by atoms with Crippen LogP contribution in [0, 0.1) is 17.7 Å². The minimum Gasteiger partial charge on any atom is -0.342 e. The molecule has 2 saturated heterocycles. The normalized spacial score (nSPS) is 26.0. The molecule has 24 heavy (non-hydrogen) atoms. The van der Waals surface area contributed by atoms with Crippen molar-refractivity contribution < 1.29 is 9.18 Å². The van der Waals surface area contributed by atoms with E-state index in [2.05, 4.69) is 10.9 Å². The van der Waals surface area contributed by atoms with Crippen molar-refractivity contribution in [2.75, 3.05) is 19.6 Å². The summed E-state index contributed by atoms with van der Waals surface area (Å²) >= 11 is 0. The number of piperidine rings is 1. The van der Waals surface area contributed by atoms with Gasteiger partial charge < -0.3 is 10.6 Å². The number of carbonyl (C=O) groups excluding carboxylic acids is 1. The zero-order chi connectivity index (χ0) is 16.4. The third-order valence-electron chi connectivity index (χ3n) is 5.13. The lowest BCUT2D eigenvalue weighted by molar-refractivity contribution is -0.137. The molecule has 2 heterocycles. The Hall–Kier alpha value is -1.21. The topological polar surface area (TPSA) is 70.4 Å². The second kappa shape index (κ2) is 8.25. The molecule has 1 aromatic rings. The van der Waals surface area contributed by atoms with Crippen molar-refractivity contribution in [3.63, 3.8) is 0 Å². The summed E-state index contributed by atoms with van der Waals surface area (Å²) in [5, 5.41) is 0. The molecule has 0 aliphatic carbocycles. The van der Waals surface area contributed by atoms with Gasteiger partial charge in [0, 0.05) is 31.2 Å². The fourth-order valence-electron chi connectivity index (χ4n) is 3.63. The van der Waals surface area contributed by atoms with E-state index < -0.39 is 0 Å². The average molecular weight is 357 g/mol. The molecule has 1 amide bonds. The molecule has 4 N–H and O–H groups in total. The lowest BCUT2D eigenvalue weighted by Gasteiger charge is -2.35. The number of hydrazine groups is 1. The zero-order valence-electron chi connectivity index (χ0n) is 13.9. The largest absolute Gasteiger partial charge is 0.342 e. The molecule has 0 aromatic heterocycles. The highest BCUT2D eigenvalue weighted by molar-refractivity contribution is 5.85. The average Bonchev–Trinajstić information content (AvgIpc) is 3.04. The smallest absolute Gasteiger partial charge is 0.229 e. The van der Waals surface area contributed by atoms with Crippen LogP contribution in [0.25, 0.3) is 0 Å². The van der Waals surface area contributed by atoms with Crippen molar-refractivity contribution in [2.24, 2.45) is 17.6 Å². The molecule has 0 radical (unpaired) electrons. The van der Waals surface area contributed by atoms with Gasteiger partial charge in [0.1, 0.15) is 5.82 Å². The van der Waals surface area contributed by atoms with Crippen molar-refractivity contribution in [1.29, 1.82) is 0 Å². The SMILES string of the molecule is CC(N)C1CCN(C(=O)C2CNNC2c2ccccc2F)CC1.Cl. The Labute approximate surface area is 148 Å². The van der Waals surface area contributed by atoms with Gasteiger partial charge in [-0.15, -0.1) is 12.4 Å². The zero-order valence-corrected chi connectivity index (χ0v) is 14.7. The first-order valence-electron chi connectivity index (χ1n) is 8.35. The van der Waals surface area contributed by atoms with Crippen LogP contribution in [0.2, 0.25) is 0 Å². The molecule has 3 atom stereocenters. The number of nitrogens with zero attached hydrogens (tertiary/aromatic N) is 1. The molecule has 0 saturated carbocycles. The molecular weight excluding hydrogens is 331 g/mol. The summed E-state index contributed by atoms with van der Waals surface area (Å²) in [5.74, 6) is 0.0287. The number of amides is 1. The van der Waals surface area contributed by atoms with Crippen LogP contribution >= 0.6 is 12.4 Å². The number of rotatable bonds is 3. The fraction of sp³-hybridized carbons (Fsp3) is 0.588. The van der Waals surface area contributed by atoms with Crippen molar-refractivity contribution in [1.82, 2.24) is 15.8 Å². The third-order valence-corrected chi connectivity index (χ3v) is 5.13. The van der Waals surface area contributed by atoms with Crippen LogP contribution in [0.5, 0.6) is 0 Å². The Morgan fingerprint density at radius 2 is 2.00 bits per heavy atom. The van der Waals surface area contributed by atoms with Gasteiger partial charge in [-0.25, -0.2) is 9.82 Å². The maximum atomic E-state index is 14.1. The summed E-state index contributed by atoms with van der Waals surface area (Å²) in [6.07, 6.45) is 1.89. The van der Waals surface area contributed by atoms with E-state index in [1.165, 1.54) is 6.07 Å². The van der Waals surface area contributed by atoms with Gasteiger partial charge in [-0.2, -0.15) is 0 Å². The molecule has 134 valence electrons. The van der Waals surface area contributed by atoms with E-state index in [1.807, 2.05) is 11.8 Å². The molecule has 7 heteroatoms. The van der Waals surface area contributed by atoms with Crippen LogP contribution in [0.4, 0.5) is 4.39 Å². The van der Waals surface area contributed by atoms with E-state index in [-0.39, 0.29) is 42.1 Å². The fourth-order valence-corrected chi connectivity index (χ4v) is 3.63. The summed E-state index contributed by atoms with van der Waals surface area (Å²) in [7, 11) is 0. The predicted molar refractivity (Wildman–Crippen MR) is 94.0 cm³/mol. The van der Waals surface area contributed by atoms with Gasteiger partial charge in [-0.05, 0) is 31.7 Å². The Kier molecular flexibility index (Phi) is 6.57. The molecular formula is C17H26ClFN4O. The van der Waals surface area contributed by atoms with Crippen molar-refractivity contribution >= 4 is 18.3 Å². The van der Waals surface area contributed by atoms with Gasteiger partial charge in [0.15, 0.2) is 0 Å². The first-order chi connectivity index (χ1) is 11.1. The van der Waals surface area contributed by atoms with Gasteiger partial charge in [0.05, 0.1) is 12.0 Å². The number of hydrogen-bond acceptors (Lipinski definition) is 4. The standard InChI is InChI=1S/C17H25FN4O.ClH/c1-11(19)12-6-8-22(9-7-12)17(23)14-10-20-21-16(14)13-4-2-3-5-15(13)18;/h2-5,11-12,14,16,20-21H,6-10,19H2,1H3;1H. The van der Waals surface area contributed by atoms with Crippen LogP contribution in [0.1, 0.15) is 31.4 Å². The summed E-state index contributed by atoms with van der Waals surface area (Å²) in [6, 6.07) is 6.49. The number of halogens is 2. The molecule has 0 bridgehead atoms. The Bertz CT molecular complexity index is 563. The Morgan fingerprint density at radius 1 is 1.33 bits per heavy atom. The minimum atomic E-state index is -0.324. The molecule has 2 aliphatic rings. The third kappa shape index (κ3) is 3.88. The number of nitrogens with two attached hydrogens (primary N) is 1. The first-order valence-corrected chi connectivity index (χ1v) is 8.35. The number of likely N-dealkylation sites (tertiary alicyclic amines) is 1. The van der Waals surface area contributed by atoms with E-state index >= 15 is 0 Å². The lowest BCUT2D eigenvalue weighted by atomic mass is 9.88. The number of benzene rings is 1. The van der Waals surface area contributed by atoms with E-state index in [0.29, 0.717) is 18.0 Å². The molecule has 1 aromatic carbocycles. The van der Waals surface area contributed by atoms with Crippen LogP contribution in [-0.4, -0.2) is 36.5 Å². The number of hydrogen-bond donors (Lipinski definition) is 3. The molecule has 5 nitrogen and oxygen atoms in total. The maximum Gasteiger partial charge on any atom is 0.229 e. The Balaban J connectivity index is 0.00000208. The quantitative estimate of drug-likeness (QED) is 0.769. The van der Waals surface area contributed by atoms with Gasteiger partial charge >= 0.3 is 0 Å². The highest BCUT2D eigenvalue weighted by Crippen LogP contribution is 2.30. The summed E-state index contributed by atoms with van der Waals surface area (Å²) in [6.45, 7) is 4.03. The predicted octanol–water partition coefficient (Wildman–Crippen LogP) is 1.60. The van der Waals surface area contributed by atoms with Crippen molar-refractivity contribution in [2.45, 2.75) is 31.8 Å². The highest BCUT2D eigenvalue weighted by Gasteiger charge is 2.38. The summed E-state index contributed by atoms with van der Waals surface area (Å²) in [4.78, 5) is 14.8. The maximum absolute atomic E-state index is 14.1. The lowest BCUT2D eigenvalue weighted by Crippen LogP contribution is -2.46. The van der Waals surface area contributed by atoms with Gasteiger partial charge in [0.2, 0.25) is 5.91 Å². The van der Waals surface area contributed by atoms with Crippen LogP contribution in [-0.2, 0) is 4.79 Å².